The molecule has 0 spiro atoms. The van der Waals surface area contributed by atoms with Gasteiger partial charge >= 0.3 is 0 Å². The van der Waals surface area contributed by atoms with Gasteiger partial charge in [-0.3, -0.25) is 0 Å². The lowest BCUT2D eigenvalue weighted by Gasteiger charge is -2.11. The van der Waals surface area contributed by atoms with Crippen molar-refractivity contribution in [3.63, 3.8) is 0 Å². The van der Waals surface area contributed by atoms with Crippen LogP contribution < -0.4 is 4.74 Å². The van der Waals surface area contributed by atoms with Crippen molar-refractivity contribution < 1.29 is 9.26 Å². The molecule has 6 heteroatoms. The normalized spacial score (nSPS) is 10.6. The Balaban J connectivity index is 1.90. The lowest BCUT2D eigenvalue weighted by atomic mass is 10.1. The Bertz CT molecular complexity index is 913. The Kier molecular flexibility index (Phi) is 4.50. The zero-order valence-corrected chi connectivity index (χ0v) is 13.9. The number of hydrogen-bond acceptors (Lipinski definition) is 5. The highest BCUT2D eigenvalue weighted by Crippen LogP contribution is 2.31. The van der Waals surface area contributed by atoms with E-state index in [0.29, 0.717) is 33.6 Å². The maximum Gasteiger partial charge on any atom is 0.258 e. The minimum Gasteiger partial charge on any atom is -0.489 e. The molecule has 2 aromatic carbocycles. The van der Waals surface area contributed by atoms with E-state index in [0.717, 1.165) is 5.56 Å². The zero-order valence-electron chi connectivity index (χ0n) is 13.2. The Hall–Kier alpha value is -2.84. The molecule has 1 aromatic heterocycles. The predicted molar refractivity (Wildman–Crippen MR) is 90.7 cm³/mol. The Morgan fingerprint density at radius 2 is 2.00 bits per heavy atom. The molecule has 1 heterocycles. The van der Waals surface area contributed by atoms with Crippen molar-refractivity contribution in [3.8, 4) is 34.7 Å². The number of nitriles is 1. The maximum absolute atomic E-state index is 8.97. The Labute approximate surface area is 144 Å². The molecule has 0 aliphatic heterocycles. The molecule has 0 amide bonds. The fraction of sp³-hybridized carbons (Fsp3) is 0.167. The van der Waals surface area contributed by atoms with E-state index in [1.54, 1.807) is 30.3 Å². The van der Waals surface area contributed by atoms with Crippen molar-refractivity contribution in [2.45, 2.75) is 20.0 Å². The van der Waals surface area contributed by atoms with Gasteiger partial charge in [-0.1, -0.05) is 22.8 Å². The molecule has 0 bridgehead atoms. The van der Waals surface area contributed by atoms with Gasteiger partial charge in [-0.15, -0.1) is 0 Å². The van der Waals surface area contributed by atoms with Crippen molar-refractivity contribution in [1.29, 1.82) is 5.26 Å². The van der Waals surface area contributed by atoms with E-state index in [1.165, 1.54) is 0 Å². The molecule has 120 valence electrons. The number of halogens is 1. The minimum atomic E-state index is 0.0394. The van der Waals surface area contributed by atoms with Crippen LogP contribution in [0.2, 0.25) is 5.02 Å². The van der Waals surface area contributed by atoms with Gasteiger partial charge in [0, 0.05) is 11.1 Å². The number of ether oxygens (including phenoxy) is 1. The molecule has 3 rings (SSSR count). The lowest BCUT2D eigenvalue weighted by Crippen LogP contribution is -2.05. The highest BCUT2D eigenvalue weighted by atomic mass is 35.5. The molecule has 0 saturated heterocycles. The number of aromatic nitrogens is 2. The lowest BCUT2D eigenvalue weighted by molar-refractivity contribution is 0.242. The summed E-state index contributed by atoms with van der Waals surface area (Å²) in [4.78, 5) is 4.37. The molecule has 0 atom stereocenters. The van der Waals surface area contributed by atoms with E-state index in [4.69, 9.17) is 26.1 Å². The third-order valence-corrected chi connectivity index (χ3v) is 3.51. The maximum atomic E-state index is 8.97. The second-order valence-electron chi connectivity index (χ2n) is 5.43. The highest BCUT2D eigenvalue weighted by molar-refractivity contribution is 6.32. The first-order chi connectivity index (χ1) is 11.6. The summed E-state index contributed by atoms with van der Waals surface area (Å²) in [6, 6.07) is 14.4. The van der Waals surface area contributed by atoms with E-state index in [9.17, 15) is 0 Å². The first kappa shape index (κ1) is 16.0. The number of benzene rings is 2. The fourth-order valence-electron chi connectivity index (χ4n) is 2.17. The third kappa shape index (κ3) is 3.39. The number of rotatable bonds is 4. The number of hydrogen-bond donors (Lipinski definition) is 0. The smallest absolute Gasteiger partial charge is 0.258 e. The third-order valence-electron chi connectivity index (χ3n) is 3.22. The van der Waals surface area contributed by atoms with Crippen molar-refractivity contribution >= 4 is 11.6 Å². The predicted octanol–water partition coefficient (Wildman–Crippen LogP) is 4.72. The summed E-state index contributed by atoms with van der Waals surface area (Å²) in [6.45, 7) is 3.87. The summed E-state index contributed by atoms with van der Waals surface area (Å²) in [6.07, 6.45) is 0.0394. The molecule has 0 unspecified atom stereocenters. The van der Waals surface area contributed by atoms with Crippen LogP contribution in [0, 0.1) is 11.3 Å². The standard InChI is InChI=1S/C18H14ClN3O2/c1-11(2)23-16-7-6-13(9-15(16)19)17-21-18(24-22-17)14-5-3-4-12(8-14)10-20/h3-9,11H,1-2H3. The first-order valence-electron chi connectivity index (χ1n) is 7.37. The average molecular weight is 340 g/mol. The quantitative estimate of drug-likeness (QED) is 0.688. The molecule has 0 saturated carbocycles. The van der Waals surface area contributed by atoms with Gasteiger partial charge in [0.05, 0.1) is 22.8 Å². The van der Waals surface area contributed by atoms with Crippen molar-refractivity contribution in [3.05, 3.63) is 53.1 Å². The molecule has 5 nitrogen and oxygen atoms in total. The Morgan fingerprint density at radius 1 is 1.17 bits per heavy atom. The summed E-state index contributed by atoms with van der Waals surface area (Å²) in [5.41, 5.74) is 1.95. The zero-order chi connectivity index (χ0) is 17.1. The highest BCUT2D eigenvalue weighted by Gasteiger charge is 2.13. The van der Waals surface area contributed by atoms with Gasteiger partial charge in [-0.25, -0.2) is 0 Å². The van der Waals surface area contributed by atoms with E-state index in [-0.39, 0.29) is 6.10 Å². The van der Waals surface area contributed by atoms with Gasteiger partial charge in [0.1, 0.15) is 5.75 Å². The van der Waals surface area contributed by atoms with E-state index < -0.39 is 0 Å². The van der Waals surface area contributed by atoms with Crippen LogP contribution >= 0.6 is 11.6 Å². The van der Waals surface area contributed by atoms with Crippen LogP contribution in [0.3, 0.4) is 0 Å². The van der Waals surface area contributed by atoms with Crippen LogP contribution in [0.25, 0.3) is 22.8 Å². The topological polar surface area (TPSA) is 71.9 Å². The van der Waals surface area contributed by atoms with Gasteiger partial charge in [-0.05, 0) is 50.2 Å². The van der Waals surface area contributed by atoms with Crippen LogP contribution in [0.1, 0.15) is 19.4 Å². The monoisotopic (exact) mass is 339 g/mol. The minimum absolute atomic E-state index is 0.0394. The second kappa shape index (κ2) is 6.73. The molecule has 3 aromatic rings. The van der Waals surface area contributed by atoms with E-state index in [1.807, 2.05) is 26.0 Å². The number of nitrogens with zero attached hydrogens (tertiary/aromatic N) is 3. The molecule has 24 heavy (non-hydrogen) atoms. The second-order valence-corrected chi connectivity index (χ2v) is 5.83. The van der Waals surface area contributed by atoms with Gasteiger partial charge in [0.15, 0.2) is 0 Å². The molecular formula is C18H14ClN3O2. The summed E-state index contributed by atoms with van der Waals surface area (Å²) in [5.74, 6) is 1.38. The fourth-order valence-corrected chi connectivity index (χ4v) is 2.39. The molecule has 0 radical (unpaired) electrons. The summed E-state index contributed by atoms with van der Waals surface area (Å²) < 4.78 is 10.9. The molecular weight excluding hydrogens is 326 g/mol. The van der Waals surface area contributed by atoms with Gasteiger partial charge in [-0.2, -0.15) is 10.2 Å². The Morgan fingerprint density at radius 3 is 2.71 bits per heavy atom. The van der Waals surface area contributed by atoms with Crippen molar-refractivity contribution in [1.82, 2.24) is 10.1 Å². The molecule has 0 aliphatic carbocycles. The van der Waals surface area contributed by atoms with E-state index >= 15 is 0 Å². The van der Waals surface area contributed by atoms with Crippen molar-refractivity contribution in [2.24, 2.45) is 0 Å². The van der Waals surface area contributed by atoms with Crippen molar-refractivity contribution in [2.75, 3.05) is 0 Å². The van der Waals surface area contributed by atoms with E-state index in [2.05, 4.69) is 16.2 Å². The van der Waals surface area contributed by atoms with Crippen LogP contribution in [-0.4, -0.2) is 16.2 Å². The average Bonchev–Trinajstić information content (AvgIpc) is 3.06. The summed E-state index contributed by atoms with van der Waals surface area (Å²) >= 11 is 6.24. The molecule has 0 aliphatic rings. The van der Waals surface area contributed by atoms with Crippen LogP contribution in [0.4, 0.5) is 0 Å². The van der Waals surface area contributed by atoms with Gasteiger partial charge in [0.2, 0.25) is 5.82 Å². The molecule has 0 fully saturated rings. The SMILES string of the molecule is CC(C)Oc1ccc(-c2noc(-c3cccc(C#N)c3)n2)cc1Cl. The van der Waals surface area contributed by atoms with Crippen LogP contribution in [0.15, 0.2) is 47.0 Å². The summed E-state index contributed by atoms with van der Waals surface area (Å²) in [7, 11) is 0. The van der Waals surface area contributed by atoms with Gasteiger partial charge < -0.3 is 9.26 Å². The van der Waals surface area contributed by atoms with Crippen LogP contribution in [-0.2, 0) is 0 Å². The molecule has 0 N–H and O–H groups in total. The summed E-state index contributed by atoms with van der Waals surface area (Å²) in [5, 5.41) is 13.4. The van der Waals surface area contributed by atoms with Crippen LogP contribution in [0.5, 0.6) is 5.75 Å². The van der Waals surface area contributed by atoms with Gasteiger partial charge in [0.25, 0.3) is 5.89 Å². The first-order valence-corrected chi connectivity index (χ1v) is 7.75. The largest absolute Gasteiger partial charge is 0.489 e.